The average Bonchev–Trinajstić information content (AvgIpc) is 2.36. The molecule has 0 aliphatic rings. The second kappa shape index (κ2) is 6.52. The van der Waals surface area contributed by atoms with E-state index in [2.05, 4.69) is 5.32 Å². The summed E-state index contributed by atoms with van der Waals surface area (Å²) in [5.41, 5.74) is 0.861. The maximum absolute atomic E-state index is 13.9. The van der Waals surface area contributed by atoms with Gasteiger partial charge in [0.05, 0.1) is 17.7 Å². The quantitative estimate of drug-likeness (QED) is 0.854. The molecule has 1 unspecified atom stereocenters. The predicted molar refractivity (Wildman–Crippen MR) is 73.5 cm³/mol. The second-order valence-corrected chi connectivity index (χ2v) is 4.75. The van der Waals surface area contributed by atoms with Crippen molar-refractivity contribution >= 4 is 11.6 Å². The third-order valence-corrected chi connectivity index (χ3v) is 3.09. The Hall–Kier alpha value is -1.62. The Balaban J connectivity index is 2.99. The number of amides is 1. The molecule has 0 bridgehead atoms. The van der Waals surface area contributed by atoms with Crippen LogP contribution >= 0.6 is 0 Å². The van der Waals surface area contributed by atoms with Gasteiger partial charge in [0.1, 0.15) is 5.82 Å². The molecule has 0 saturated carbocycles. The summed E-state index contributed by atoms with van der Waals surface area (Å²) in [5.74, 6) is -0.761. The fourth-order valence-corrected chi connectivity index (χ4v) is 2.10. The van der Waals surface area contributed by atoms with Crippen LogP contribution in [0, 0.1) is 11.7 Å². The van der Waals surface area contributed by atoms with E-state index in [0.29, 0.717) is 17.8 Å². The van der Waals surface area contributed by atoms with Gasteiger partial charge in [0.15, 0.2) is 0 Å². The summed E-state index contributed by atoms with van der Waals surface area (Å²) >= 11 is 0. The van der Waals surface area contributed by atoms with Gasteiger partial charge in [-0.2, -0.15) is 0 Å². The zero-order valence-electron chi connectivity index (χ0n) is 11.8. The van der Waals surface area contributed by atoms with Crippen molar-refractivity contribution in [3.63, 3.8) is 0 Å². The first-order valence-corrected chi connectivity index (χ1v) is 6.27. The lowest BCUT2D eigenvalue weighted by Gasteiger charge is -2.26. The smallest absolute Gasteiger partial charge is 0.224 e. The predicted octanol–water partition coefficient (Wildman–Crippen LogP) is 1.70. The van der Waals surface area contributed by atoms with Gasteiger partial charge in [-0.1, -0.05) is 19.1 Å². The van der Waals surface area contributed by atoms with Gasteiger partial charge in [0, 0.05) is 26.2 Å². The van der Waals surface area contributed by atoms with Gasteiger partial charge in [0.2, 0.25) is 5.91 Å². The molecule has 2 N–H and O–H groups in total. The first-order valence-electron chi connectivity index (χ1n) is 6.27. The SMILES string of the molecule is CNC(=O)C(C)CN(C)c1c(F)cccc1[C@@H](C)O. The van der Waals surface area contributed by atoms with Crippen LogP contribution in [0.2, 0.25) is 0 Å². The number of halogens is 1. The second-order valence-electron chi connectivity index (χ2n) is 4.75. The van der Waals surface area contributed by atoms with Crippen LogP contribution < -0.4 is 10.2 Å². The van der Waals surface area contributed by atoms with E-state index in [9.17, 15) is 14.3 Å². The Morgan fingerprint density at radius 1 is 1.47 bits per heavy atom. The molecule has 1 aromatic carbocycles. The van der Waals surface area contributed by atoms with Gasteiger partial charge in [-0.25, -0.2) is 4.39 Å². The number of carbonyl (C=O) groups excluding carboxylic acids is 1. The van der Waals surface area contributed by atoms with Crippen molar-refractivity contribution in [2.24, 2.45) is 5.92 Å². The minimum Gasteiger partial charge on any atom is -0.389 e. The number of benzene rings is 1. The van der Waals surface area contributed by atoms with Crippen molar-refractivity contribution in [3.05, 3.63) is 29.6 Å². The minimum atomic E-state index is -0.761. The van der Waals surface area contributed by atoms with Crippen molar-refractivity contribution in [1.29, 1.82) is 0 Å². The van der Waals surface area contributed by atoms with E-state index in [1.807, 2.05) is 0 Å². The molecule has 1 aromatic rings. The third kappa shape index (κ3) is 3.67. The largest absolute Gasteiger partial charge is 0.389 e. The number of para-hydroxylation sites is 1. The molecule has 0 spiro atoms. The Morgan fingerprint density at radius 2 is 2.11 bits per heavy atom. The average molecular weight is 268 g/mol. The van der Waals surface area contributed by atoms with Gasteiger partial charge >= 0.3 is 0 Å². The molecule has 0 aromatic heterocycles. The molecule has 2 atom stereocenters. The van der Waals surface area contributed by atoms with Crippen molar-refractivity contribution in [1.82, 2.24) is 5.32 Å². The van der Waals surface area contributed by atoms with Crippen LogP contribution in [-0.2, 0) is 4.79 Å². The molecule has 106 valence electrons. The highest BCUT2D eigenvalue weighted by Gasteiger charge is 2.20. The first kappa shape index (κ1) is 15.4. The summed E-state index contributed by atoms with van der Waals surface area (Å²) < 4.78 is 13.9. The molecule has 0 aliphatic carbocycles. The number of hydrogen-bond acceptors (Lipinski definition) is 3. The minimum absolute atomic E-state index is 0.0956. The third-order valence-electron chi connectivity index (χ3n) is 3.09. The maximum atomic E-state index is 13.9. The molecule has 19 heavy (non-hydrogen) atoms. The normalized spacial score (nSPS) is 13.8. The van der Waals surface area contributed by atoms with E-state index in [1.54, 1.807) is 45.0 Å². The van der Waals surface area contributed by atoms with Crippen LogP contribution in [0.4, 0.5) is 10.1 Å². The fraction of sp³-hybridized carbons (Fsp3) is 0.500. The highest BCUT2D eigenvalue weighted by molar-refractivity contribution is 5.78. The molecule has 1 amide bonds. The fourth-order valence-electron chi connectivity index (χ4n) is 2.10. The van der Waals surface area contributed by atoms with Gasteiger partial charge in [-0.15, -0.1) is 0 Å². The van der Waals surface area contributed by atoms with Gasteiger partial charge in [0.25, 0.3) is 0 Å². The monoisotopic (exact) mass is 268 g/mol. The number of nitrogens with one attached hydrogen (secondary N) is 1. The lowest BCUT2D eigenvalue weighted by molar-refractivity contribution is -0.123. The molecule has 0 saturated heterocycles. The van der Waals surface area contributed by atoms with Crippen molar-refractivity contribution in [2.45, 2.75) is 20.0 Å². The van der Waals surface area contributed by atoms with Crippen LogP contribution in [0.15, 0.2) is 18.2 Å². The van der Waals surface area contributed by atoms with E-state index in [-0.39, 0.29) is 11.8 Å². The molecule has 0 heterocycles. The highest BCUT2D eigenvalue weighted by Crippen LogP contribution is 2.29. The van der Waals surface area contributed by atoms with Crippen molar-refractivity contribution < 1.29 is 14.3 Å². The lowest BCUT2D eigenvalue weighted by atomic mass is 10.1. The molecule has 5 heteroatoms. The Morgan fingerprint density at radius 3 is 2.63 bits per heavy atom. The number of anilines is 1. The Labute approximate surface area is 113 Å². The molecule has 1 rings (SSSR count). The van der Waals surface area contributed by atoms with Gasteiger partial charge in [-0.05, 0) is 13.0 Å². The standard InChI is InChI=1S/C14H21FN2O2/c1-9(14(19)16-3)8-17(4)13-11(10(2)18)6-5-7-12(13)15/h5-7,9-10,18H,8H2,1-4H3,(H,16,19)/t9?,10-/m1/s1. The molecule has 4 nitrogen and oxygen atoms in total. The molecule has 0 radical (unpaired) electrons. The zero-order valence-corrected chi connectivity index (χ0v) is 11.8. The summed E-state index contributed by atoms with van der Waals surface area (Å²) in [6, 6.07) is 4.60. The van der Waals surface area contributed by atoms with Gasteiger partial charge < -0.3 is 15.3 Å². The molecule has 0 aliphatic heterocycles. The van der Waals surface area contributed by atoms with E-state index < -0.39 is 11.9 Å². The van der Waals surface area contributed by atoms with E-state index in [0.717, 1.165) is 0 Å². The van der Waals surface area contributed by atoms with E-state index in [4.69, 9.17) is 0 Å². The number of nitrogens with zero attached hydrogens (tertiary/aromatic N) is 1. The summed E-state index contributed by atoms with van der Waals surface area (Å²) in [7, 11) is 3.28. The summed E-state index contributed by atoms with van der Waals surface area (Å²) in [5, 5.41) is 12.3. The summed E-state index contributed by atoms with van der Waals surface area (Å²) in [6.45, 7) is 3.74. The van der Waals surface area contributed by atoms with Crippen LogP contribution in [-0.4, -0.2) is 31.7 Å². The van der Waals surface area contributed by atoms with Crippen LogP contribution in [0.3, 0.4) is 0 Å². The summed E-state index contributed by atoms with van der Waals surface area (Å²) in [6.07, 6.45) is -0.761. The van der Waals surface area contributed by atoms with Crippen LogP contribution in [0.1, 0.15) is 25.5 Å². The van der Waals surface area contributed by atoms with Gasteiger partial charge in [-0.3, -0.25) is 4.79 Å². The molecule has 0 fully saturated rings. The highest BCUT2D eigenvalue weighted by atomic mass is 19.1. The van der Waals surface area contributed by atoms with Crippen LogP contribution in [0.25, 0.3) is 0 Å². The summed E-state index contributed by atoms with van der Waals surface area (Å²) in [4.78, 5) is 13.2. The first-order chi connectivity index (χ1) is 8.88. The van der Waals surface area contributed by atoms with Crippen LogP contribution in [0.5, 0.6) is 0 Å². The van der Waals surface area contributed by atoms with E-state index >= 15 is 0 Å². The number of aliphatic hydroxyl groups excluding tert-OH is 1. The number of carbonyl (C=O) groups is 1. The molecular formula is C14H21FN2O2. The zero-order chi connectivity index (χ0) is 14.6. The van der Waals surface area contributed by atoms with Crippen molar-refractivity contribution in [2.75, 3.05) is 25.5 Å². The van der Waals surface area contributed by atoms with E-state index in [1.165, 1.54) is 6.07 Å². The Bertz CT molecular complexity index is 449. The van der Waals surface area contributed by atoms with Crippen molar-refractivity contribution in [3.8, 4) is 0 Å². The Kier molecular flexibility index (Phi) is 5.30. The molecular weight excluding hydrogens is 247 g/mol. The topological polar surface area (TPSA) is 52.6 Å². The number of hydrogen-bond donors (Lipinski definition) is 2. The lowest BCUT2D eigenvalue weighted by Crippen LogP contribution is -2.35. The number of rotatable bonds is 5. The number of aliphatic hydroxyl groups is 1. The maximum Gasteiger partial charge on any atom is 0.224 e.